The third-order valence-electron chi connectivity index (χ3n) is 1.84. The van der Waals surface area contributed by atoms with Crippen molar-refractivity contribution in [1.82, 2.24) is 4.90 Å². The van der Waals surface area contributed by atoms with Crippen LogP contribution in [-0.4, -0.2) is 23.8 Å². The Bertz CT molecular complexity index is 157. The second-order valence-corrected chi connectivity index (χ2v) is 2.81. The number of hydrogen-bond acceptors (Lipinski definition) is 2. The highest BCUT2D eigenvalue weighted by Gasteiger charge is 2.04. The number of carbonyl (C=O) groups is 1. The fraction of sp³-hybridized carbons (Fsp3) is 0.556. The maximum atomic E-state index is 10.4. The summed E-state index contributed by atoms with van der Waals surface area (Å²) in [4.78, 5) is 12.5. The Labute approximate surface area is 67.9 Å². The van der Waals surface area contributed by atoms with E-state index in [4.69, 9.17) is 6.92 Å². The van der Waals surface area contributed by atoms with Crippen molar-refractivity contribution in [2.24, 2.45) is 0 Å². The molecular formula is C9H13NO. The summed E-state index contributed by atoms with van der Waals surface area (Å²) < 4.78 is 0. The molecule has 2 radical (unpaired) electrons. The Morgan fingerprint density at radius 3 is 2.45 bits per heavy atom. The first kappa shape index (κ1) is 8.31. The van der Waals surface area contributed by atoms with E-state index in [-0.39, 0.29) is 5.78 Å². The van der Waals surface area contributed by atoms with Gasteiger partial charge >= 0.3 is 0 Å². The van der Waals surface area contributed by atoms with E-state index in [1.54, 1.807) is 6.20 Å². The lowest BCUT2D eigenvalue weighted by atomic mass is 10.1. The zero-order valence-corrected chi connectivity index (χ0v) is 6.62. The molecule has 0 aromatic rings. The number of allylic oxidation sites excluding steroid dienone is 1. The maximum absolute atomic E-state index is 10.4. The summed E-state index contributed by atoms with van der Waals surface area (Å²) >= 11 is 0. The molecule has 0 spiro atoms. The largest absolute Gasteiger partial charge is 0.377 e. The van der Waals surface area contributed by atoms with Crippen molar-refractivity contribution in [3.05, 3.63) is 19.2 Å². The first-order valence-corrected chi connectivity index (χ1v) is 4.01. The van der Waals surface area contributed by atoms with Gasteiger partial charge in [0.15, 0.2) is 5.78 Å². The first-order chi connectivity index (χ1) is 5.29. The number of nitrogens with zero attached hydrogens (tertiary/aromatic N) is 1. The summed E-state index contributed by atoms with van der Waals surface area (Å²) in [5.41, 5.74) is 0. The minimum atomic E-state index is -0.365. The molecule has 1 saturated heterocycles. The molecule has 1 rings (SSSR count). The van der Waals surface area contributed by atoms with E-state index in [0.717, 1.165) is 13.1 Å². The van der Waals surface area contributed by atoms with Crippen LogP contribution in [0.2, 0.25) is 0 Å². The molecule has 0 aromatic carbocycles. The molecule has 0 amide bonds. The molecule has 0 aliphatic carbocycles. The van der Waals surface area contributed by atoms with Gasteiger partial charge in [-0.3, -0.25) is 4.79 Å². The van der Waals surface area contributed by atoms with Crippen molar-refractivity contribution in [3.8, 4) is 0 Å². The zero-order valence-electron chi connectivity index (χ0n) is 6.62. The standard InChI is InChI=1S/C9H13NO/c1-9(11)5-8-10-6-3-2-4-7-10/h1,5,8H,2-4,6-7H2/b8-5+. The van der Waals surface area contributed by atoms with E-state index in [0.29, 0.717) is 0 Å². The van der Waals surface area contributed by atoms with Gasteiger partial charge in [-0.2, -0.15) is 0 Å². The maximum Gasteiger partial charge on any atom is 0.161 e. The summed E-state index contributed by atoms with van der Waals surface area (Å²) in [7, 11) is 0. The molecule has 1 aliphatic heterocycles. The van der Waals surface area contributed by atoms with Gasteiger partial charge in [0.2, 0.25) is 0 Å². The van der Waals surface area contributed by atoms with Crippen molar-refractivity contribution < 1.29 is 4.79 Å². The van der Waals surface area contributed by atoms with Crippen molar-refractivity contribution in [3.63, 3.8) is 0 Å². The number of rotatable bonds is 2. The summed E-state index contributed by atoms with van der Waals surface area (Å²) in [5, 5.41) is 0. The predicted molar refractivity (Wildman–Crippen MR) is 43.9 cm³/mol. The summed E-state index contributed by atoms with van der Waals surface area (Å²) in [6.45, 7) is 7.08. The molecule has 0 saturated carbocycles. The number of likely N-dealkylation sites (tertiary alicyclic amines) is 1. The normalized spacial score (nSPS) is 19.2. The van der Waals surface area contributed by atoms with E-state index >= 15 is 0 Å². The highest BCUT2D eigenvalue weighted by Crippen LogP contribution is 2.08. The summed E-state index contributed by atoms with van der Waals surface area (Å²) in [6, 6.07) is 0. The van der Waals surface area contributed by atoms with Crippen LogP contribution in [-0.2, 0) is 4.79 Å². The molecule has 0 bridgehead atoms. The lowest BCUT2D eigenvalue weighted by Crippen LogP contribution is -2.24. The van der Waals surface area contributed by atoms with Gasteiger partial charge in [-0.05, 0) is 25.3 Å². The van der Waals surface area contributed by atoms with Gasteiger partial charge in [0.25, 0.3) is 0 Å². The monoisotopic (exact) mass is 151 g/mol. The van der Waals surface area contributed by atoms with E-state index < -0.39 is 0 Å². The van der Waals surface area contributed by atoms with Gasteiger partial charge in [0.05, 0.1) is 0 Å². The molecule has 0 unspecified atom stereocenters. The smallest absolute Gasteiger partial charge is 0.161 e. The molecule has 0 atom stereocenters. The summed E-state index contributed by atoms with van der Waals surface area (Å²) in [5.74, 6) is -0.365. The Balaban J connectivity index is 2.29. The van der Waals surface area contributed by atoms with Crippen LogP contribution in [0.3, 0.4) is 0 Å². The van der Waals surface area contributed by atoms with Crippen LogP contribution in [0.5, 0.6) is 0 Å². The van der Waals surface area contributed by atoms with Gasteiger partial charge < -0.3 is 4.90 Å². The van der Waals surface area contributed by atoms with Crippen LogP contribution in [0.4, 0.5) is 0 Å². The average molecular weight is 151 g/mol. The molecule has 2 nitrogen and oxygen atoms in total. The van der Waals surface area contributed by atoms with Crippen molar-refractivity contribution >= 4 is 5.78 Å². The van der Waals surface area contributed by atoms with Crippen LogP contribution in [0.25, 0.3) is 0 Å². The number of carbonyl (C=O) groups excluding carboxylic acids is 1. The lowest BCUT2D eigenvalue weighted by molar-refractivity contribution is -0.110. The number of hydrogen-bond donors (Lipinski definition) is 0. The fourth-order valence-corrected chi connectivity index (χ4v) is 1.25. The second-order valence-electron chi connectivity index (χ2n) is 2.81. The topological polar surface area (TPSA) is 20.3 Å². The second kappa shape index (κ2) is 4.16. The number of ketones is 1. The van der Waals surface area contributed by atoms with Gasteiger partial charge in [0, 0.05) is 26.2 Å². The van der Waals surface area contributed by atoms with Gasteiger partial charge in [-0.1, -0.05) is 0 Å². The first-order valence-electron chi connectivity index (χ1n) is 4.01. The van der Waals surface area contributed by atoms with Gasteiger partial charge in [-0.15, -0.1) is 0 Å². The third kappa shape index (κ3) is 3.21. The molecule has 1 fully saturated rings. The van der Waals surface area contributed by atoms with Gasteiger partial charge in [-0.25, -0.2) is 0 Å². The van der Waals surface area contributed by atoms with Crippen LogP contribution in [0, 0.1) is 6.92 Å². The van der Waals surface area contributed by atoms with Crippen molar-refractivity contribution in [2.45, 2.75) is 19.3 Å². The van der Waals surface area contributed by atoms with E-state index in [9.17, 15) is 4.79 Å². The molecule has 11 heavy (non-hydrogen) atoms. The fourth-order valence-electron chi connectivity index (χ4n) is 1.25. The summed E-state index contributed by atoms with van der Waals surface area (Å²) in [6.07, 6.45) is 6.97. The minimum absolute atomic E-state index is 0.365. The number of piperidine rings is 1. The Morgan fingerprint density at radius 2 is 1.91 bits per heavy atom. The minimum Gasteiger partial charge on any atom is -0.377 e. The van der Waals surface area contributed by atoms with Crippen molar-refractivity contribution in [2.75, 3.05) is 13.1 Å². The Morgan fingerprint density at radius 1 is 1.27 bits per heavy atom. The van der Waals surface area contributed by atoms with Crippen molar-refractivity contribution in [1.29, 1.82) is 0 Å². The highest BCUT2D eigenvalue weighted by atomic mass is 16.1. The molecule has 1 heterocycles. The van der Waals surface area contributed by atoms with E-state index in [2.05, 4.69) is 4.90 Å². The Hall–Kier alpha value is -0.790. The molecule has 1 aliphatic rings. The molecule has 2 heteroatoms. The molecular weight excluding hydrogens is 138 g/mol. The third-order valence-corrected chi connectivity index (χ3v) is 1.84. The Kier molecular flexibility index (Phi) is 3.14. The van der Waals surface area contributed by atoms with E-state index in [1.165, 1.54) is 25.3 Å². The highest BCUT2D eigenvalue weighted by molar-refractivity contribution is 5.93. The molecule has 0 N–H and O–H groups in total. The van der Waals surface area contributed by atoms with Gasteiger partial charge in [0.1, 0.15) is 0 Å². The molecule has 60 valence electrons. The molecule has 0 aromatic heterocycles. The van der Waals surface area contributed by atoms with E-state index in [1.807, 2.05) is 0 Å². The lowest BCUT2D eigenvalue weighted by Gasteiger charge is -2.24. The predicted octanol–water partition coefficient (Wildman–Crippen LogP) is 1.27. The van der Waals surface area contributed by atoms with Crippen LogP contribution >= 0.6 is 0 Å². The van der Waals surface area contributed by atoms with Crippen LogP contribution < -0.4 is 0 Å². The quantitative estimate of drug-likeness (QED) is 0.554. The SMILES string of the molecule is [CH]C(=O)/C=C/N1CCCCC1. The zero-order chi connectivity index (χ0) is 8.10. The average Bonchev–Trinajstić information content (AvgIpc) is 2.03. The van der Waals surface area contributed by atoms with Crippen LogP contribution in [0.15, 0.2) is 12.3 Å². The van der Waals surface area contributed by atoms with Crippen LogP contribution in [0.1, 0.15) is 19.3 Å².